The molecule has 0 spiro atoms. The number of thiocarbonyl (C=S) groups is 1. The first-order valence-electron chi connectivity index (χ1n) is 11.3. The Morgan fingerprint density at radius 3 is 2.50 bits per heavy atom. The van der Waals surface area contributed by atoms with Gasteiger partial charge >= 0.3 is 0 Å². The molecule has 1 fully saturated rings. The molecule has 0 saturated carbocycles. The van der Waals surface area contributed by atoms with Gasteiger partial charge in [-0.2, -0.15) is 13.5 Å². The third kappa shape index (κ3) is 7.99. The average molecular weight is 576 g/mol. The minimum Gasteiger partial charge on any atom is -0.494 e. The largest absolute Gasteiger partial charge is 0.494 e. The second kappa shape index (κ2) is 12.8. The van der Waals surface area contributed by atoms with E-state index in [-0.39, 0.29) is 10.9 Å². The van der Waals surface area contributed by atoms with E-state index in [1.807, 2.05) is 67.7 Å². The summed E-state index contributed by atoms with van der Waals surface area (Å²) < 4.78 is 38.9. The van der Waals surface area contributed by atoms with E-state index in [4.69, 9.17) is 36.5 Å². The number of hydrogen-bond acceptors (Lipinski definition) is 8. The van der Waals surface area contributed by atoms with Crippen LogP contribution in [0.3, 0.4) is 0 Å². The highest BCUT2D eigenvalue weighted by Gasteiger charge is 2.33. The number of hydrogen-bond donors (Lipinski definition) is 2. The van der Waals surface area contributed by atoms with Crippen LogP contribution in [-0.2, 0) is 19.7 Å². The van der Waals surface area contributed by atoms with E-state index in [0.717, 1.165) is 29.9 Å². The van der Waals surface area contributed by atoms with Gasteiger partial charge in [0.1, 0.15) is 15.8 Å². The van der Waals surface area contributed by atoms with E-state index in [9.17, 15) is 13.2 Å². The van der Waals surface area contributed by atoms with Crippen LogP contribution in [0.4, 0.5) is 0 Å². The maximum absolute atomic E-state index is 12.9. The highest BCUT2D eigenvalue weighted by atomic mass is 32.2. The molecule has 0 radical (unpaired) electrons. The Hall–Kier alpha value is -3.52. The summed E-state index contributed by atoms with van der Waals surface area (Å²) >= 11 is 6.34. The summed E-state index contributed by atoms with van der Waals surface area (Å²) in [6.45, 7) is 3.31. The maximum atomic E-state index is 12.9. The number of carbonyl (C=O) groups excluding carboxylic acids is 1. The number of ether oxygens (including phenoxy) is 1. The number of aliphatic carboxylic acids is 1. The maximum Gasteiger partial charge on any atom is 0.300 e. The fraction of sp³-hybridized carbons (Fsp3) is 0.200. The smallest absolute Gasteiger partial charge is 0.300 e. The van der Waals surface area contributed by atoms with Crippen molar-refractivity contribution in [2.75, 3.05) is 18.9 Å². The Bertz CT molecular complexity index is 1460. The quantitative estimate of drug-likeness (QED) is 0.229. The van der Waals surface area contributed by atoms with Gasteiger partial charge in [-0.05, 0) is 37.3 Å². The summed E-state index contributed by atoms with van der Waals surface area (Å²) in [5.74, 6) is -1.13. The van der Waals surface area contributed by atoms with Crippen LogP contribution in [0, 0.1) is 0 Å². The summed E-state index contributed by atoms with van der Waals surface area (Å²) in [6, 6.07) is 17.1. The molecule has 2 aromatic carbocycles. The normalized spacial score (nSPS) is 14.4. The minimum absolute atomic E-state index is 0.215. The zero-order valence-corrected chi connectivity index (χ0v) is 22.9. The molecule has 200 valence electrons. The summed E-state index contributed by atoms with van der Waals surface area (Å²) in [6.07, 6.45) is 3.52. The zero-order valence-electron chi connectivity index (χ0n) is 20.5. The van der Waals surface area contributed by atoms with Gasteiger partial charge < -0.3 is 9.84 Å². The number of para-hydroxylation sites is 1. The first-order valence-corrected chi connectivity index (χ1v) is 14.1. The molecule has 4 rings (SSSR count). The number of carbonyl (C=O) groups is 2. The molecule has 0 aliphatic carbocycles. The number of carboxylic acids is 1. The second-order valence-electron chi connectivity index (χ2n) is 7.81. The van der Waals surface area contributed by atoms with Crippen LogP contribution in [0.15, 0.2) is 65.7 Å². The standard InChI is InChI=1S/C23H21N3O5S3.C2H4O2/c1-2-31-19-10-6-7-16(13-19)21-17(15-26(24-21)18-8-4-3-5-9-18)14-20-22(27)25(23(32)33-20)11-12-34(28,29)30;1-2(3)4/h3-10,13-15H,2,11-12H2,1H3,(H,28,29,30);1H3,(H,3,4)/b20-14+;. The van der Waals surface area contributed by atoms with Crippen LogP contribution >= 0.6 is 24.0 Å². The molecule has 0 unspecified atom stereocenters. The van der Waals surface area contributed by atoms with Crippen LogP contribution in [0.2, 0.25) is 0 Å². The van der Waals surface area contributed by atoms with Crippen LogP contribution in [-0.4, -0.2) is 67.9 Å². The van der Waals surface area contributed by atoms with E-state index in [0.29, 0.717) is 28.5 Å². The summed E-state index contributed by atoms with van der Waals surface area (Å²) in [5, 5.41) is 12.2. The molecule has 1 aliphatic heterocycles. The van der Waals surface area contributed by atoms with Crippen LogP contribution in [0.1, 0.15) is 19.4 Å². The van der Waals surface area contributed by atoms with Crippen molar-refractivity contribution >= 4 is 56.4 Å². The van der Waals surface area contributed by atoms with Crippen molar-refractivity contribution < 1.29 is 32.4 Å². The predicted octanol–water partition coefficient (Wildman–Crippen LogP) is 4.12. The van der Waals surface area contributed by atoms with Gasteiger partial charge in [-0.3, -0.25) is 19.0 Å². The van der Waals surface area contributed by atoms with Crippen molar-refractivity contribution in [2.24, 2.45) is 0 Å². The molecule has 2 heterocycles. The minimum atomic E-state index is -4.22. The highest BCUT2D eigenvalue weighted by molar-refractivity contribution is 8.26. The Morgan fingerprint density at radius 2 is 1.87 bits per heavy atom. The van der Waals surface area contributed by atoms with Gasteiger partial charge in [0.05, 0.1) is 23.0 Å². The van der Waals surface area contributed by atoms with Gasteiger partial charge in [-0.25, -0.2) is 4.68 Å². The first kappa shape index (κ1) is 29.0. The molecular weight excluding hydrogens is 550 g/mol. The lowest BCUT2D eigenvalue weighted by Gasteiger charge is -2.12. The van der Waals surface area contributed by atoms with Crippen LogP contribution in [0.25, 0.3) is 23.0 Å². The van der Waals surface area contributed by atoms with Crippen molar-refractivity contribution in [1.82, 2.24) is 14.7 Å². The molecular formula is C25H25N3O7S3. The van der Waals surface area contributed by atoms with E-state index in [2.05, 4.69) is 0 Å². The predicted molar refractivity (Wildman–Crippen MR) is 150 cm³/mol. The lowest BCUT2D eigenvalue weighted by atomic mass is 10.1. The molecule has 1 amide bonds. The molecule has 1 aliphatic rings. The fourth-order valence-corrected chi connectivity index (χ4v) is 5.08. The number of aromatic nitrogens is 2. The Balaban J connectivity index is 0.000000934. The molecule has 1 saturated heterocycles. The van der Waals surface area contributed by atoms with Gasteiger partial charge in [0.15, 0.2) is 0 Å². The van der Waals surface area contributed by atoms with Crippen LogP contribution in [0.5, 0.6) is 5.75 Å². The van der Waals surface area contributed by atoms with E-state index >= 15 is 0 Å². The van der Waals surface area contributed by atoms with Gasteiger partial charge in [0.2, 0.25) is 0 Å². The third-order valence-corrected chi connectivity index (χ3v) is 6.99. The molecule has 0 bridgehead atoms. The number of amides is 1. The van der Waals surface area contributed by atoms with Gasteiger partial charge in [-0.15, -0.1) is 0 Å². The van der Waals surface area contributed by atoms with Gasteiger partial charge in [-0.1, -0.05) is 54.3 Å². The van der Waals surface area contributed by atoms with Crippen molar-refractivity contribution in [3.05, 3.63) is 71.3 Å². The summed E-state index contributed by atoms with van der Waals surface area (Å²) in [5.41, 5.74) is 3.00. The molecule has 0 atom stereocenters. The molecule has 2 N–H and O–H groups in total. The SMILES string of the molecule is CC(=O)O.CCOc1cccc(-c2nn(-c3ccccc3)cc2/C=C2/SC(=S)N(CCS(=O)(=O)O)C2=O)c1. The van der Waals surface area contributed by atoms with E-state index in [1.165, 1.54) is 4.90 Å². The topological polar surface area (TPSA) is 139 Å². The lowest BCUT2D eigenvalue weighted by molar-refractivity contribution is -0.134. The molecule has 1 aromatic heterocycles. The Morgan fingerprint density at radius 1 is 1.18 bits per heavy atom. The van der Waals surface area contributed by atoms with E-state index in [1.54, 1.807) is 10.8 Å². The Labute approximate surface area is 229 Å². The second-order valence-corrected chi connectivity index (χ2v) is 11.1. The molecule has 3 aromatic rings. The van der Waals surface area contributed by atoms with Gasteiger partial charge in [0, 0.05) is 30.8 Å². The Kier molecular flexibility index (Phi) is 9.80. The average Bonchev–Trinajstić information content (AvgIpc) is 3.38. The van der Waals surface area contributed by atoms with Crippen LogP contribution < -0.4 is 4.74 Å². The van der Waals surface area contributed by atoms with E-state index < -0.39 is 27.7 Å². The number of nitrogens with zero attached hydrogens (tertiary/aromatic N) is 3. The number of thioether (sulfide) groups is 1. The zero-order chi connectivity index (χ0) is 27.9. The molecule has 13 heteroatoms. The fourth-order valence-electron chi connectivity index (χ4n) is 3.37. The number of carboxylic acid groups (broad SMARTS) is 1. The van der Waals surface area contributed by atoms with Crippen molar-refractivity contribution in [2.45, 2.75) is 13.8 Å². The molecule has 10 nitrogen and oxygen atoms in total. The first-order chi connectivity index (χ1) is 18.0. The highest BCUT2D eigenvalue weighted by Crippen LogP contribution is 2.35. The summed E-state index contributed by atoms with van der Waals surface area (Å²) in [7, 11) is -4.22. The van der Waals surface area contributed by atoms with Crippen molar-refractivity contribution in [3.8, 4) is 22.7 Å². The number of benzene rings is 2. The molecule has 38 heavy (non-hydrogen) atoms. The summed E-state index contributed by atoms with van der Waals surface area (Å²) in [4.78, 5) is 23.4. The lowest BCUT2D eigenvalue weighted by Crippen LogP contribution is -2.32. The number of rotatable bonds is 8. The van der Waals surface area contributed by atoms with Gasteiger partial charge in [0.25, 0.3) is 22.0 Å². The van der Waals surface area contributed by atoms with Crippen molar-refractivity contribution in [3.63, 3.8) is 0 Å². The monoisotopic (exact) mass is 575 g/mol. The van der Waals surface area contributed by atoms with Crippen molar-refractivity contribution in [1.29, 1.82) is 0 Å². The third-order valence-electron chi connectivity index (χ3n) is 4.91.